The molecule has 0 saturated heterocycles. The molecule has 4 N–H and O–H groups in total. The molecule has 7 nitrogen and oxygen atoms in total. The molecule has 1 unspecified atom stereocenters. The molecule has 0 bridgehead atoms. The summed E-state index contributed by atoms with van der Waals surface area (Å²) in [4.78, 5) is 39.0. The van der Waals surface area contributed by atoms with Crippen LogP contribution < -0.4 is 0 Å². The normalized spacial score (nSPS) is 13.8. The maximum absolute atomic E-state index is 11.0. The molecule has 16 heavy (non-hydrogen) atoms. The van der Waals surface area contributed by atoms with Crippen molar-refractivity contribution in [2.24, 2.45) is 5.92 Å². The number of rotatable bonds is 7. The van der Waals surface area contributed by atoms with E-state index >= 15 is 0 Å². The van der Waals surface area contributed by atoms with Crippen molar-refractivity contribution >= 4 is 19.5 Å². The molecule has 1 atom stereocenters. The second-order valence-electron chi connectivity index (χ2n) is 3.50. The summed E-state index contributed by atoms with van der Waals surface area (Å²) < 4.78 is 11.0. The number of carboxylic acids is 2. The minimum atomic E-state index is -4.45. The van der Waals surface area contributed by atoms with Gasteiger partial charge >= 0.3 is 19.5 Å². The van der Waals surface area contributed by atoms with Gasteiger partial charge in [0.2, 0.25) is 0 Å². The molecule has 0 aliphatic carbocycles. The summed E-state index contributed by atoms with van der Waals surface area (Å²) in [5, 5.41) is 17.2. The molecule has 0 rings (SSSR count). The summed E-state index contributed by atoms with van der Waals surface area (Å²) in [5.74, 6) is -4.94. The molecule has 0 aliphatic heterocycles. The predicted molar refractivity (Wildman–Crippen MR) is 54.1 cm³/mol. The molecule has 8 heteroatoms. The molecule has 0 amide bonds. The van der Waals surface area contributed by atoms with Crippen molar-refractivity contribution in [3.8, 4) is 0 Å². The molecule has 0 fully saturated rings. The highest BCUT2D eigenvalue weighted by atomic mass is 31.2. The summed E-state index contributed by atoms with van der Waals surface area (Å²) in [7, 11) is -4.45. The second-order valence-corrected chi connectivity index (χ2v) is 5.40. The van der Waals surface area contributed by atoms with E-state index in [-0.39, 0.29) is 6.42 Å². The fourth-order valence-corrected chi connectivity index (χ4v) is 2.42. The van der Waals surface area contributed by atoms with Crippen LogP contribution in [-0.4, -0.2) is 37.6 Å². The Balaban J connectivity index is 4.78. The van der Waals surface area contributed by atoms with Crippen molar-refractivity contribution in [3.05, 3.63) is 0 Å². The summed E-state index contributed by atoms with van der Waals surface area (Å²) in [5.41, 5.74) is -1.21. The van der Waals surface area contributed by atoms with Gasteiger partial charge in [0.25, 0.3) is 0 Å². The maximum atomic E-state index is 11.0. The Labute approximate surface area is 92.3 Å². The van der Waals surface area contributed by atoms with Crippen molar-refractivity contribution in [1.82, 2.24) is 0 Å². The first-order valence-electron chi connectivity index (χ1n) is 4.71. The lowest BCUT2D eigenvalue weighted by molar-refractivity contribution is -0.154. The zero-order valence-corrected chi connectivity index (χ0v) is 9.63. The van der Waals surface area contributed by atoms with Crippen molar-refractivity contribution < 1.29 is 34.2 Å². The number of aliphatic carboxylic acids is 2. The standard InChI is InChI=1S/C8H15O7P/c1-2-3-5(16(13,14)15)4-6(7(9)10)8(11)12/h5-6H,2-4H2,1H3,(H,9,10)(H,11,12)(H2,13,14,15). The van der Waals surface area contributed by atoms with E-state index < -0.39 is 37.5 Å². The van der Waals surface area contributed by atoms with E-state index in [2.05, 4.69) is 0 Å². The first kappa shape index (κ1) is 15.1. The molecule has 0 aromatic carbocycles. The van der Waals surface area contributed by atoms with Crippen LogP contribution in [0, 0.1) is 5.92 Å². The number of hydrogen-bond acceptors (Lipinski definition) is 3. The van der Waals surface area contributed by atoms with Crippen molar-refractivity contribution in [2.75, 3.05) is 0 Å². The van der Waals surface area contributed by atoms with E-state index in [4.69, 9.17) is 20.0 Å². The molecular weight excluding hydrogens is 239 g/mol. The van der Waals surface area contributed by atoms with Gasteiger partial charge in [-0.15, -0.1) is 0 Å². The summed E-state index contributed by atoms with van der Waals surface area (Å²) in [6.07, 6.45) is -0.00808. The molecule has 0 spiro atoms. The number of carbonyl (C=O) groups is 2. The van der Waals surface area contributed by atoms with Crippen LogP contribution in [0.4, 0.5) is 0 Å². The minimum absolute atomic E-state index is 0.0985. The molecule has 94 valence electrons. The van der Waals surface area contributed by atoms with Crippen LogP contribution in [0.1, 0.15) is 26.2 Å². The Morgan fingerprint density at radius 3 is 1.88 bits per heavy atom. The molecule has 0 aromatic rings. The van der Waals surface area contributed by atoms with Gasteiger partial charge in [-0.3, -0.25) is 14.2 Å². The molecular formula is C8H15O7P. The smallest absolute Gasteiger partial charge is 0.328 e. The van der Waals surface area contributed by atoms with E-state index in [1.807, 2.05) is 0 Å². The van der Waals surface area contributed by atoms with Gasteiger partial charge in [0.1, 0.15) is 0 Å². The van der Waals surface area contributed by atoms with Gasteiger partial charge in [0.15, 0.2) is 5.92 Å². The van der Waals surface area contributed by atoms with Crippen LogP contribution in [-0.2, 0) is 14.2 Å². The quantitative estimate of drug-likeness (QED) is 0.384. The zero-order valence-electron chi connectivity index (χ0n) is 8.74. The van der Waals surface area contributed by atoms with Crippen LogP contribution in [0.15, 0.2) is 0 Å². The van der Waals surface area contributed by atoms with Crippen LogP contribution in [0.2, 0.25) is 0 Å². The SMILES string of the molecule is CCCC(CC(C(=O)O)C(=O)O)P(=O)(O)O. The lowest BCUT2D eigenvalue weighted by Crippen LogP contribution is -2.28. The zero-order chi connectivity index (χ0) is 12.9. The minimum Gasteiger partial charge on any atom is -0.481 e. The van der Waals surface area contributed by atoms with Gasteiger partial charge < -0.3 is 20.0 Å². The molecule has 0 aromatic heterocycles. The topological polar surface area (TPSA) is 132 Å². The third-order valence-electron chi connectivity index (χ3n) is 2.20. The van der Waals surface area contributed by atoms with Crippen LogP contribution >= 0.6 is 7.60 Å². The summed E-state index contributed by atoms with van der Waals surface area (Å²) in [6.45, 7) is 1.68. The Bertz CT molecular complexity index is 294. The van der Waals surface area contributed by atoms with Gasteiger partial charge in [0.05, 0.1) is 5.66 Å². The Morgan fingerprint density at radius 2 is 1.62 bits per heavy atom. The number of carboxylic acid groups (broad SMARTS) is 2. The van der Waals surface area contributed by atoms with Crippen molar-refractivity contribution in [1.29, 1.82) is 0 Å². The van der Waals surface area contributed by atoms with Gasteiger partial charge in [-0.25, -0.2) is 0 Å². The van der Waals surface area contributed by atoms with Crippen LogP contribution in [0.5, 0.6) is 0 Å². The van der Waals surface area contributed by atoms with Crippen molar-refractivity contribution in [3.63, 3.8) is 0 Å². The Kier molecular flexibility index (Phi) is 5.64. The number of hydrogen-bond donors (Lipinski definition) is 4. The monoisotopic (exact) mass is 254 g/mol. The molecule has 0 aliphatic rings. The lowest BCUT2D eigenvalue weighted by atomic mass is 10.0. The fraction of sp³-hybridized carbons (Fsp3) is 0.750. The predicted octanol–water partition coefficient (Wildman–Crippen LogP) is 0.508. The highest BCUT2D eigenvalue weighted by molar-refractivity contribution is 7.52. The highest BCUT2D eigenvalue weighted by Gasteiger charge is 2.36. The molecule has 0 saturated carbocycles. The largest absolute Gasteiger partial charge is 0.481 e. The molecule has 0 heterocycles. The van der Waals surface area contributed by atoms with E-state index in [0.717, 1.165) is 0 Å². The summed E-state index contributed by atoms with van der Waals surface area (Å²) >= 11 is 0. The third-order valence-corrected chi connectivity index (χ3v) is 3.62. The van der Waals surface area contributed by atoms with E-state index in [1.165, 1.54) is 0 Å². The van der Waals surface area contributed by atoms with Gasteiger partial charge in [-0.1, -0.05) is 13.3 Å². The fourth-order valence-electron chi connectivity index (χ4n) is 1.34. The van der Waals surface area contributed by atoms with E-state index in [1.54, 1.807) is 6.92 Å². The third kappa shape index (κ3) is 4.74. The first-order chi connectivity index (χ1) is 7.20. The van der Waals surface area contributed by atoms with Gasteiger partial charge in [-0.05, 0) is 12.8 Å². The Morgan fingerprint density at radius 1 is 1.19 bits per heavy atom. The first-order valence-corrected chi connectivity index (χ1v) is 6.39. The molecule has 0 radical (unpaired) electrons. The van der Waals surface area contributed by atoms with Gasteiger partial charge in [-0.2, -0.15) is 0 Å². The van der Waals surface area contributed by atoms with Gasteiger partial charge in [0, 0.05) is 0 Å². The van der Waals surface area contributed by atoms with E-state index in [0.29, 0.717) is 6.42 Å². The lowest BCUT2D eigenvalue weighted by Gasteiger charge is -2.19. The van der Waals surface area contributed by atoms with Crippen molar-refractivity contribution in [2.45, 2.75) is 31.8 Å². The average Bonchev–Trinajstić information content (AvgIpc) is 2.08. The average molecular weight is 254 g/mol. The van der Waals surface area contributed by atoms with Crippen LogP contribution in [0.25, 0.3) is 0 Å². The highest BCUT2D eigenvalue weighted by Crippen LogP contribution is 2.46. The Hall–Kier alpha value is -0.910. The van der Waals surface area contributed by atoms with Crippen LogP contribution in [0.3, 0.4) is 0 Å². The maximum Gasteiger partial charge on any atom is 0.328 e. The van der Waals surface area contributed by atoms with E-state index in [9.17, 15) is 14.2 Å². The second kappa shape index (κ2) is 5.98. The summed E-state index contributed by atoms with van der Waals surface area (Å²) in [6, 6.07) is 0.